The molecule has 0 fully saturated rings. The summed E-state index contributed by atoms with van der Waals surface area (Å²) in [5.41, 5.74) is 22.4. The van der Waals surface area contributed by atoms with Gasteiger partial charge in [0.25, 0.3) is 0 Å². The van der Waals surface area contributed by atoms with Gasteiger partial charge in [0.15, 0.2) is 0 Å². The van der Waals surface area contributed by atoms with Crippen molar-refractivity contribution >= 4 is 27.8 Å². The molecule has 0 amide bonds. The van der Waals surface area contributed by atoms with Gasteiger partial charge in [-0.15, -0.1) is 0 Å². The zero-order valence-corrected chi connectivity index (χ0v) is 38.5. The fourth-order valence-electron chi connectivity index (χ4n) is 10.9. The summed E-state index contributed by atoms with van der Waals surface area (Å²) in [7, 11) is 0. The van der Waals surface area contributed by atoms with Crippen LogP contribution in [-0.4, -0.2) is 0 Å². The van der Waals surface area contributed by atoms with Gasteiger partial charge in [0, 0.05) is 33.6 Å². The van der Waals surface area contributed by atoms with Crippen LogP contribution in [0.2, 0.25) is 0 Å². The van der Waals surface area contributed by atoms with E-state index in [9.17, 15) is 0 Å². The second-order valence-electron chi connectivity index (χ2n) is 18.9. The molecule has 0 radical (unpaired) electrons. The lowest BCUT2D eigenvalue weighted by Crippen LogP contribution is -2.16. The van der Waals surface area contributed by atoms with E-state index >= 15 is 0 Å². The fraction of sp³-hybridized carbons (Fsp3) is 0.0448. The second-order valence-corrected chi connectivity index (χ2v) is 18.9. The molecule has 0 N–H and O–H groups in total. The first-order valence-electron chi connectivity index (χ1n) is 23.9. The predicted octanol–water partition coefficient (Wildman–Crippen LogP) is 18.7. The lowest BCUT2D eigenvalue weighted by Gasteiger charge is -2.28. The van der Waals surface area contributed by atoms with Crippen LogP contribution in [-0.2, 0) is 5.41 Å². The molecule has 0 unspecified atom stereocenters. The highest BCUT2D eigenvalue weighted by Crippen LogP contribution is 2.53. The van der Waals surface area contributed by atoms with Gasteiger partial charge in [-0.05, 0) is 155 Å². The van der Waals surface area contributed by atoms with Crippen molar-refractivity contribution in [3.05, 3.63) is 260 Å². The van der Waals surface area contributed by atoms with Gasteiger partial charge in [0.05, 0.1) is 0 Å². The van der Waals surface area contributed by atoms with E-state index in [0.29, 0.717) is 0 Å². The number of nitrogens with zero attached hydrogens (tertiary/aromatic N) is 1. The minimum absolute atomic E-state index is 0.110. The zero-order chi connectivity index (χ0) is 46.1. The van der Waals surface area contributed by atoms with Crippen LogP contribution in [0.1, 0.15) is 25.0 Å². The summed E-state index contributed by atoms with van der Waals surface area (Å²) in [6.45, 7) is 4.70. The number of fused-ring (bicyclic) bond motifs is 9. The van der Waals surface area contributed by atoms with E-state index in [1.165, 1.54) is 55.3 Å². The summed E-state index contributed by atoms with van der Waals surface area (Å²) < 4.78 is 6.99. The Balaban J connectivity index is 0.863. The van der Waals surface area contributed by atoms with Crippen molar-refractivity contribution in [1.82, 2.24) is 0 Å². The van der Waals surface area contributed by atoms with Crippen LogP contribution < -0.4 is 9.64 Å². The predicted molar refractivity (Wildman–Crippen MR) is 289 cm³/mol. The van der Waals surface area contributed by atoms with E-state index in [0.717, 1.165) is 73.1 Å². The Hall–Kier alpha value is -8.72. The number of ether oxygens (including phenoxy) is 1. The lowest BCUT2D eigenvalue weighted by molar-refractivity contribution is 0.488. The minimum atomic E-state index is -0.110. The van der Waals surface area contributed by atoms with Crippen molar-refractivity contribution in [3.8, 4) is 89.4 Å². The number of hydrogen-bond donors (Lipinski definition) is 0. The molecular weight excluding hydrogens is 835 g/mol. The molecule has 0 aromatic heterocycles. The average molecular weight is 882 g/mol. The number of anilines is 3. The quantitative estimate of drug-likeness (QED) is 0.158. The van der Waals surface area contributed by atoms with Gasteiger partial charge < -0.3 is 9.64 Å². The van der Waals surface area contributed by atoms with Crippen LogP contribution in [0.5, 0.6) is 11.5 Å². The van der Waals surface area contributed by atoms with Crippen molar-refractivity contribution in [2.45, 2.75) is 19.3 Å². The van der Waals surface area contributed by atoms with E-state index in [4.69, 9.17) is 4.74 Å². The largest absolute Gasteiger partial charge is 0.456 e. The first-order valence-corrected chi connectivity index (χ1v) is 23.9. The van der Waals surface area contributed by atoms with E-state index in [-0.39, 0.29) is 5.41 Å². The van der Waals surface area contributed by atoms with Crippen molar-refractivity contribution in [1.29, 1.82) is 0 Å². The second kappa shape index (κ2) is 16.3. The maximum absolute atomic E-state index is 6.99. The summed E-state index contributed by atoms with van der Waals surface area (Å²) in [4.78, 5) is 2.39. The standard InChI is InChI=1S/C67H47NO/c1-67(2)62-22-12-11-20-57(62)58-39-37-55(43-63(58)67)68(53-33-28-47(29-34-53)44-14-5-3-6-15-44)54-35-30-48(31-36-54)46-24-26-49(27-25-46)56-21-13-23-64-66(56)61-41-51-19-10-9-18-50(51)40-60(61)59-38-32-52(42-65(59)69-64)45-16-7-4-8-17-45/h3-43H,1-2H3. The molecule has 11 aromatic carbocycles. The maximum Gasteiger partial charge on any atom is 0.135 e. The summed E-state index contributed by atoms with van der Waals surface area (Å²) >= 11 is 0. The van der Waals surface area contributed by atoms with Crippen molar-refractivity contribution in [2.24, 2.45) is 0 Å². The van der Waals surface area contributed by atoms with E-state index < -0.39 is 0 Å². The van der Waals surface area contributed by atoms with Gasteiger partial charge in [-0.2, -0.15) is 0 Å². The molecule has 326 valence electrons. The third-order valence-electron chi connectivity index (χ3n) is 14.5. The first-order chi connectivity index (χ1) is 33.9. The van der Waals surface area contributed by atoms with E-state index in [1.807, 2.05) is 0 Å². The molecule has 0 atom stereocenters. The first kappa shape index (κ1) is 40.5. The Morgan fingerprint density at radius 2 is 0.768 bits per heavy atom. The molecule has 0 saturated heterocycles. The summed E-state index contributed by atoms with van der Waals surface area (Å²) in [6.07, 6.45) is 0. The molecule has 2 aliphatic rings. The molecule has 1 aliphatic heterocycles. The van der Waals surface area contributed by atoms with E-state index in [1.54, 1.807) is 0 Å². The molecule has 2 nitrogen and oxygen atoms in total. The van der Waals surface area contributed by atoms with Crippen LogP contribution in [0.4, 0.5) is 17.1 Å². The number of hydrogen-bond acceptors (Lipinski definition) is 2. The number of rotatable bonds is 7. The summed E-state index contributed by atoms with van der Waals surface area (Å²) in [6, 6.07) is 90.4. The summed E-state index contributed by atoms with van der Waals surface area (Å²) in [5, 5.41) is 2.41. The van der Waals surface area contributed by atoms with Gasteiger partial charge >= 0.3 is 0 Å². The highest BCUT2D eigenvalue weighted by atomic mass is 16.5. The van der Waals surface area contributed by atoms with Gasteiger partial charge in [-0.3, -0.25) is 0 Å². The van der Waals surface area contributed by atoms with Crippen LogP contribution in [0.25, 0.3) is 88.7 Å². The monoisotopic (exact) mass is 881 g/mol. The van der Waals surface area contributed by atoms with Gasteiger partial charge in [0.2, 0.25) is 0 Å². The SMILES string of the molecule is CC1(C)c2ccccc2-c2ccc(N(c3ccc(-c4ccccc4)cc3)c3ccc(-c4ccc(-c5cccc6c5-c5cc7ccccc7cc5-c5ccc(-c7ccccc7)cc5O6)cc4)cc3)cc21. The Morgan fingerprint density at radius 1 is 0.290 bits per heavy atom. The molecule has 13 rings (SSSR count). The van der Waals surface area contributed by atoms with Crippen LogP contribution in [0.15, 0.2) is 249 Å². The normalized spacial score (nSPS) is 12.7. The fourth-order valence-corrected chi connectivity index (χ4v) is 10.9. The molecule has 69 heavy (non-hydrogen) atoms. The molecule has 0 saturated carbocycles. The van der Waals surface area contributed by atoms with Crippen molar-refractivity contribution < 1.29 is 4.74 Å². The molecule has 2 heteroatoms. The van der Waals surface area contributed by atoms with Gasteiger partial charge in [0.1, 0.15) is 11.5 Å². The molecule has 1 aliphatic carbocycles. The Morgan fingerprint density at radius 3 is 1.43 bits per heavy atom. The molecule has 0 bridgehead atoms. The Kier molecular flexibility index (Phi) is 9.55. The van der Waals surface area contributed by atoms with Crippen LogP contribution >= 0.6 is 0 Å². The topological polar surface area (TPSA) is 12.5 Å². The minimum Gasteiger partial charge on any atom is -0.456 e. The molecule has 1 heterocycles. The maximum atomic E-state index is 6.99. The highest BCUT2D eigenvalue weighted by molar-refractivity contribution is 6.04. The third kappa shape index (κ3) is 6.95. The van der Waals surface area contributed by atoms with Crippen LogP contribution in [0, 0.1) is 0 Å². The van der Waals surface area contributed by atoms with Crippen LogP contribution in [0.3, 0.4) is 0 Å². The Bertz CT molecular complexity index is 3740. The van der Waals surface area contributed by atoms with Crippen molar-refractivity contribution in [2.75, 3.05) is 4.90 Å². The Labute approximate surface area is 404 Å². The number of benzene rings is 11. The smallest absolute Gasteiger partial charge is 0.135 e. The molecular formula is C67H47NO. The van der Waals surface area contributed by atoms with E-state index in [2.05, 4.69) is 267 Å². The van der Waals surface area contributed by atoms with Crippen molar-refractivity contribution in [3.63, 3.8) is 0 Å². The summed E-state index contributed by atoms with van der Waals surface area (Å²) in [5.74, 6) is 1.71. The average Bonchev–Trinajstić information content (AvgIpc) is 3.54. The zero-order valence-electron chi connectivity index (χ0n) is 38.5. The third-order valence-corrected chi connectivity index (χ3v) is 14.5. The van der Waals surface area contributed by atoms with Gasteiger partial charge in [-0.25, -0.2) is 0 Å². The molecule has 0 spiro atoms. The molecule has 11 aromatic rings. The lowest BCUT2D eigenvalue weighted by atomic mass is 9.82. The highest BCUT2D eigenvalue weighted by Gasteiger charge is 2.36. The van der Waals surface area contributed by atoms with Gasteiger partial charge in [-0.1, -0.05) is 196 Å².